The lowest BCUT2D eigenvalue weighted by molar-refractivity contribution is 0.456. The predicted molar refractivity (Wildman–Crippen MR) is 78.7 cm³/mol. The molecule has 3 aliphatic carbocycles. The maximum atomic E-state index is 6.20. The molecule has 0 spiro atoms. The predicted octanol–water partition coefficient (Wildman–Crippen LogP) is 3.60. The van der Waals surface area contributed by atoms with Crippen LogP contribution in [0.3, 0.4) is 0 Å². The number of benzene rings is 1. The molecule has 19 heavy (non-hydrogen) atoms. The molecule has 4 atom stereocenters. The van der Waals surface area contributed by atoms with Gasteiger partial charge in [0, 0.05) is 10.5 Å². The molecule has 3 saturated carbocycles. The van der Waals surface area contributed by atoms with Gasteiger partial charge in [0.05, 0.1) is 11.0 Å². The number of hydrogen-bond acceptors (Lipinski definition) is 2. The Morgan fingerprint density at radius 2 is 1.95 bits per heavy atom. The van der Waals surface area contributed by atoms with E-state index in [9.17, 15) is 0 Å². The van der Waals surface area contributed by atoms with Gasteiger partial charge >= 0.3 is 0 Å². The van der Waals surface area contributed by atoms with Crippen molar-refractivity contribution < 1.29 is 0 Å². The average Bonchev–Trinajstić information content (AvgIpc) is 2.74. The van der Waals surface area contributed by atoms with Crippen molar-refractivity contribution >= 4 is 32.9 Å². The van der Waals surface area contributed by atoms with Gasteiger partial charge in [-0.25, -0.2) is 4.98 Å². The SMILES string of the molecule is Nc1nc2cc(Br)ccc2n1C1C2C3CCC(C3)C21. The highest BCUT2D eigenvalue weighted by molar-refractivity contribution is 9.10. The van der Waals surface area contributed by atoms with Gasteiger partial charge in [0.2, 0.25) is 5.95 Å². The molecule has 2 bridgehead atoms. The minimum atomic E-state index is 0.637. The number of nitrogens with zero attached hydrogens (tertiary/aromatic N) is 2. The summed E-state index contributed by atoms with van der Waals surface area (Å²) in [4.78, 5) is 4.54. The number of nitrogens with two attached hydrogens (primary N) is 1. The quantitative estimate of drug-likeness (QED) is 0.873. The molecule has 4 heteroatoms. The van der Waals surface area contributed by atoms with Crippen LogP contribution in [0.4, 0.5) is 5.95 Å². The van der Waals surface area contributed by atoms with E-state index in [0.717, 1.165) is 33.7 Å². The normalized spacial score (nSPS) is 38.9. The minimum absolute atomic E-state index is 0.637. The fourth-order valence-electron chi connectivity index (χ4n) is 5.03. The average molecular weight is 318 g/mol. The number of fused-ring (bicyclic) bond motifs is 6. The summed E-state index contributed by atoms with van der Waals surface area (Å²) in [6, 6.07) is 6.94. The Labute approximate surface area is 120 Å². The molecule has 3 fully saturated rings. The van der Waals surface area contributed by atoms with Crippen molar-refractivity contribution in [2.24, 2.45) is 23.7 Å². The van der Waals surface area contributed by atoms with Crippen LogP contribution in [0, 0.1) is 23.7 Å². The fraction of sp³-hybridized carbons (Fsp3) is 0.533. The van der Waals surface area contributed by atoms with Crippen LogP contribution in [0.25, 0.3) is 11.0 Å². The largest absolute Gasteiger partial charge is 0.369 e. The number of hydrogen-bond donors (Lipinski definition) is 1. The zero-order valence-electron chi connectivity index (χ0n) is 10.6. The van der Waals surface area contributed by atoms with Gasteiger partial charge in [0.15, 0.2) is 0 Å². The summed E-state index contributed by atoms with van der Waals surface area (Å²) in [7, 11) is 0. The van der Waals surface area contributed by atoms with E-state index in [1.807, 2.05) is 0 Å². The summed E-state index contributed by atoms with van der Waals surface area (Å²) in [6.45, 7) is 0. The van der Waals surface area contributed by atoms with Crippen molar-refractivity contribution in [3.63, 3.8) is 0 Å². The van der Waals surface area contributed by atoms with E-state index in [4.69, 9.17) is 5.73 Å². The van der Waals surface area contributed by atoms with Crippen molar-refractivity contribution in [3.8, 4) is 0 Å². The van der Waals surface area contributed by atoms with Gasteiger partial charge in [-0.1, -0.05) is 15.9 Å². The Morgan fingerprint density at radius 3 is 2.68 bits per heavy atom. The first-order valence-corrected chi connectivity index (χ1v) is 7.96. The Balaban J connectivity index is 1.65. The Morgan fingerprint density at radius 1 is 1.21 bits per heavy atom. The van der Waals surface area contributed by atoms with Gasteiger partial charge in [-0.3, -0.25) is 0 Å². The number of nitrogen functional groups attached to an aromatic ring is 1. The van der Waals surface area contributed by atoms with Crippen molar-refractivity contribution in [2.75, 3.05) is 5.73 Å². The van der Waals surface area contributed by atoms with Crippen LogP contribution in [0.5, 0.6) is 0 Å². The molecule has 1 aromatic carbocycles. The number of aromatic nitrogens is 2. The van der Waals surface area contributed by atoms with E-state index < -0.39 is 0 Å². The third kappa shape index (κ3) is 1.26. The summed E-state index contributed by atoms with van der Waals surface area (Å²) in [5.74, 6) is 4.41. The number of rotatable bonds is 1. The number of anilines is 1. The molecule has 3 aliphatic rings. The van der Waals surface area contributed by atoms with Crippen LogP contribution >= 0.6 is 15.9 Å². The first-order chi connectivity index (χ1) is 9.24. The summed E-state index contributed by atoms with van der Waals surface area (Å²) in [5, 5.41) is 0. The van der Waals surface area contributed by atoms with Crippen LogP contribution in [-0.4, -0.2) is 9.55 Å². The molecule has 5 rings (SSSR count). The molecule has 0 aliphatic heterocycles. The van der Waals surface area contributed by atoms with E-state index in [-0.39, 0.29) is 0 Å². The molecule has 4 unspecified atom stereocenters. The van der Waals surface area contributed by atoms with Crippen molar-refractivity contribution in [1.82, 2.24) is 9.55 Å². The second-order valence-corrected chi connectivity index (χ2v) is 7.37. The highest BCUT2D eigenvalue weighted by Crippen LogP contribution is 2.72. The summed E-state index contributed by atoms with van der Waals surface area (Å²) in [6.07, 6.45) is 4.37. The highest BCUT2D eigenvalue weighted by atomic mass is 79.9. The van der Waals surface area contributed by atoms with Crippen molar-refractivity contribution in [3.05, 3.63) is 22.7 Å². The first-order valence-electron chi connectivity index (χ1n) is 7.17. The van der Waals surface area contributed by atoms with Crippen LogP contribution in [0.1, 0.15) is 25.3 Å². The van der Waals surface area contributed by atoms with E-state index >= 15 is 0 Å². The number of halogens is 1. The lowest BCUT2D eigenvalue weighted by Gasteiger charge is -2.12. The van der Waals surface area contributed by atoms with E-state index in [0.29, 0.717) is 12.0 Å². The number of imidazole rings is 1. The van der Waals surface area contributed by atoms with Crippen molar-refractivity contribution in [1.29, 1.82) is 0 Å². The van der Waals surface area contributed by atoms with E-state index in [1.54, 1.807) is 0 Å². The van der Waals surface area contributed by atoms with Crippen molar-refractivity contribution in [2.45, 2.75) is 25.3 Å². The molecule has 1 heterocycles. The molecule has 0 radical (unpaired) electrons. The van der Waals surface area contributed by atoms with Gasteiger partial charge < -0.3 is 10.3 Å². The fourth-order valence-corrected chi connectivity index (χ4v) is 5.38. The molecular weight excluding hydrogens is 302 g/mol. The molecule has 2 N–H and O–H groups in total. The lowest BCUT2D eigenvalue weighted by atomic mass is 10.0. The van der Waals surface area contributed by atoms with Gasteiger partial charge in [-0.05, 0) is 61.1 Å². The zero-order chi connectivity index (χ0) is 12.7. The zero-order valence-corrected chi connectivity index (χ0v) is 12.2. The molecule has 0 amide bonds. The maximum Gasteiger partial charge on any atom is 0.201 e. The lowest BCUT2D eigenvalue weighted by Crippen LogP contribution is -2.08. The molecule has 2 aromatic rings. The highest BCUT2D eigenvalue weighted by Gasteiger charge is 2.66. The summed E-state index contributed by atoms with van der Waals surface area (Å²) < 4.78 is 3.39. The molecule has 98 valence electrons. The van der Waals surface area contributed by atoms with E-state index in [2.05, 4.69) is 43.7 Å². The van der Waals surface area contributed by atoms with Crippen LogP contribution in [0.15, 0.2) is 22.7 Å². The smallest absolute Gasteiger partial charge is 0.201 e. The molecule has 0 saturated heterocycles. The van der Waals surface area contributed by atoms with E-state index in [1.165, 1.54) is 24.8 Å². The first kappa shape index (κ1) is 10.7. The summed E-state index contributed by atoms with van der Waals surface area (Å²) in [5.41, 5.74) is 8.42. The third-order valence-corrected chi connectivity index (χ3v) is 6.16. The van der Waals surface area contributed by atoms with Gasteiger partial charge in [0.25, 0.3) is 0 Å². The third-order valence-electron chi connectivity index (χ3n) is 5.67. The standard InChI is InChI=1S/C15H16BrN3/c16-9-3-4-11-10(6-9)18-15(17)19(11)14-12-7-1-2-8(5-7)13(12)14/h3-4,6-8,12-14H,1-2,5H2,(H2,17,18). The Bertz CT molecular complexity index is 676. The second-order valence-electron chi connectivity index (χ2n) is 6.45. The molecule has 3 nitrogen and oxygen atoms in total. The summed E-state index contributed by atoms with van der Waals surface area (Å²) >= 11 is 3.51. The monoisotopic (exact) mass is 317 g/mol. The van der Waals surface area contributed by atoms with Crippen LogP contribution < -0.4 is 5.73 Å². The van der Waals surface area contributed by atoms with Crippen LogP contribution in [-0.2, 0) is 0 Å². The molecule has 1 aromatic heterocycles. The van der Waals surface area contributed by atoms with Crippen LogP contribution in [0.2, 0.25) is 0 Å². The van der Waals surface area contributed by atoms with Gasteiger partial charge in [0.1, 0.15) is 0 Å². The molecular formula is C15H16BrN3. The minimum Gasteiger partial charge on any atom is -0.369 e. The second kappa shape index (κ2) is 3.35. The Hall–Kier alpha value is -1.03. The van der Waals surface area contributed by atoms with Gasteiger partial charge in [-0.2, -0.15) is 0 Å². The topological polar surface area (TPSA) is 43.8 Å². The maximum absolute atomic E-state index is 6.20. The Kier molecular flexibility index (Phi) is 1.89. The van der Waals surface area contributed by atoms with Gasteiger partial charge in [-0.15, -0.1) is 0 Å².